The van der Waals surface area contributed by atoms with Crippen LogP contribution >= 0.6 is 0 Å². The molecule has 0 aliphatic heterocycles. The van der Waals surface area contributed by atoms with Crippen molar-refractivity contribution in [2.24, 2.45) is 0 Å². The minimum Gasteiger partial charge on any atom is -0.388 e. The zero-order chi connectivity index (χ0) is 10.7. The van der Waals surface area contributed by atoms with E-state index in [9.17, 15) is 5.11 Å². The molecular weight excluding hydrogens is 178 g/mol. The summed E-state index contributed by atoms with van der Waals surface area (Å²) >= 11 is 0. The molecule has 14 heavy (non-hydrogen) atoms. The Kier molecular flexibility index (Phi) is 3.93. The highest BCUT2D eigenvalue weighted by Crippen LogP contribution is 2.27. The van der Waals surface area contributed by atoms with Gasteiger partial charge < -0.3 is 5.11 Å². The van der Waals surface area contributed by atoms with Crippen LogP contribution in [0.25, 0.3) is 0 Å². The Morgan fingerprint density at radius 3 is 2.29 bits per heavy atom. The molecule has 2 N–H and O–H groups in total. The van der Waals surface area contributed by atoms with E-state index in [0.717, 1.165) is 25.7 Å². The van der Waals surface area contributed by atoms with Crippen LogP contribution in [0.3, 0.4) is 0 Å². The summed E-state index contributed by atoms with van der Waals surface area (Å²) in [6, 6.07) is 0. The van der Waals surface area contributed by atoms with Gasteiger partial charge in [0.15, 0.2) is 0 Å². The molecule has 1 saturated carbocycles. The Morgan fingerprint density at radius 1 is 1.21 bits per heavy atom. The molecule has 0 radical (unpaired) electrons. The van der Waals surface area contributed by atoms with E-state index in [-0.39, 0.29) is 5.60 Å². The number of aliphatic hydroxyl groups is 1. The van der Waals surface area contributed by atoms with Crippen LogP contribution in [0.4, 0.5) is 0 Å². The third-order valence-corrected chi connectivity index (χ3v) is 2.56. The minimum atomic E-state index is -0.538. The van der Waals surface area contributed by atoms with Gasteiger partial charge in [0.05, 0.1) is 11.2 Å². The average molecular weight is 201 g/mol. The molecule has 1 aliphatic carbocycles. The first-order valence-corrected chi connectivity index (χ1v) is 5.55. The molecule has 0 spiro atoms. The number of nitrogens with one attached hydrogen (secondary N) is 1. The lowest BCUT2D eigenvalue weighted by atomic mass is 9.85. The van der Waals surface area contributed by atoms with Gasteiger partial charge in [-0.1, -0.05) is 19.3 Å². The summed E-state index contributed by atoms with van der Waals surface area (Å²) in [6.07, 6.45) is 5.31. The van der Waals surface area contributed by atoms with Gasteiger partial charge in [0, 0.05) is 6.54 Å². The van der Waals surface area contributed by atoms with Crippen molar-refractivity contribution in [3.63, 3.8) is 0 Å². The molecule has 1 aliphatic rings. The summed E-state index contributed by atoms with van der Waals surface area (Å²) in [6.45, 7) is 6.52. The van der Waals surface area contributed by atoms with Crippen molar-refractivity contribution >= 4 is 0 Å². The van der Waals surface area contributed by atoms with E-state index < -0.39 is 5.60 Å². The average Bonchev–Trinajstić information content (AvgIpc) is 2.02. The molecule has 0 heterocycles. The van der Waals surface area contributed by atoms with E-state index in [1.165, 1.54) is 6.42 Å². The van der Waals surface area contributed by atoms with Crippen molar-refractivity contribution in [1.29, 1.82) is 0 Å². The summed E-state index contributed by atoms with van der Waals surface area (Å²) in [5, 5.41) is 10.1. The fourth-order valence-corrected chi connectivity index (χ4v) is 1.77. The number of rotatable bonds is 3. The molecule has 0 unspecified atom stereocenters. The van der Waals surface area contributed by atoms with Gasteiger partial charge in [-0.2, -0.15) is 5.48 Å². The van der Waals surface area contributed by atoms with Gasteiger partial charge in [-0.15, -0.1) is 0 Å². The Hall–Kier alpha value is -0.120. The Morgan fingerprint density at radius 2 is 1.79 bits per heavy atom. The summed E-state index contributed by atoms with van der Waals surface area (Å²) in [5.41, 5.74) is 2.16. The SMILES string of the molecule is CC(C)(C)ONCC1(O)CCCCC1. The standard InChI is InChI=1S/C11H23NO2/c1-10(2,3)14-12-9-11(13)7-5-4-6-8-11/h12-13H,4-9H2,1-3H3. The van der Waals surface area contributed by atoms with Gasteiger partial charge in [0.1, 0.15) is 0 Å². The largest absolute Gasteiger partial charge is 0.388 e. The molecule has 3 heteroatoms. The maximum atomic E-state index is 10.1. The van der Waals surface area contributed by atoms with Gasteiger partial charge in [-0.25, -0.2) is 0 Å². The molecule has 0 aromatic carbocycles. The van der Waals surface area contributed by atoms with Crippen molar-refractivity contribution in [3.05, 3.63) is 0 Å². The first kappa shape index (κ1) is 12.0. The van der Waals surface area contributed by atoms with Crippen molar-refractivity contribution in [2.75, 3.05) is 6.54 Å². The summed E-state index contributed by atoms with van der Waals surface area (Å²) in [5.74, 6) is 0. The molecule has 1 fully saturated rings. The van der Waals surface area contributed by atoms with E-state index in [1.807, 2.05) is 20.8 Å². The van der Waals surface area contributed by atoms with Gasteiger partial charge >= 0.3 is 0 Å². The number of hydrogen-bond acceptors (Lipinski definition) is 3. The molecule has 3 nitrogen and oxygen atoms in total. The fourth-order valence-electron chi connectivity index (χ4n) is 1.77. The third kappa shape index (κ3) is 4.40. The molecule has 0 aromatic heterocycles. The summed E-state index contributed by atoms with van der Waals surface area (Å²) in [4.78, 5) is 5.39. The highest BCUT2D eigenvalue weighted by atomic mass is 16.7. The van der Waals surface area contributed by atoms with Crippen LogP contribution in [0.1, 0.15) is 52.9 Å². The first-order chi connectivity index (χ1) is 6.41. The molecular formula is C11H23NO2. The van der Waals surface area contributed by atoms with Gasteiger partial charge in [-0.05, 0) is 33.6 Å². The number of hydroxylamine groups is 1. The van der Waals surface area contributed by atoms with Crippen LogP contribution < -0.4 is 5.48 Å². The van der Waals surface area contributed by atoms with Gasteiger partial charge in [-0.3, -0.25) is 4.84 Å². The second kappa shape index (κ2) is 4.60. The second-order valence-electron chi connectivity index (χ2n) is 5.32. The predicted molar refractivity (Wildman–Crippen MR) is 56.9 cm³/mol. The lowest BCUT2D eigenvalue weighted by molar-refractivity contribution is -0.107. The van der Waals surface area contributed by atoms with Crippen molar-refractivity contribution in [2.45, 2.75) is 64.1 Å². The maximum absolute atomic E-state index is 10.1. The Labute approximate surface area is 86.8 Å². The molecule has 0 amide bonds. The zero-order valence-corrected chi connectivity index (χ0v) is 9.60. The van der Waals surface area contributed by atoms with E-state index in [2.05, 4.69) is 5.48 Å². The smallest absolute Gasteiger partial charge is 0.0812 e. The monoisotopic (exact) mass is 201 g/mol. The maximum Gasteiger partial charge on any atom is 0.0812 e. The lowest BCUT2D eigenvalue weighted by Crippen LogP contribution is -2.44. The molecule has 84 valence electrons. The van der Waals surface area contributed by atoms with Crippen LogP contribution in [0, 0.1) is 0 Å². The third-order valence-electron chi connectivity index (χ3n) is 2.56. The van der Waals surface area contributed by atoms with E-state index in [0.29, 0.717) is 6.54 Å². The normalized spacial score (nSPS) is 22.3. The first-order valence-electron chi connectivity index (χ1n) is 5.55. The van der Waals surface area contributed by atoms with Crippen LogP contribution in [0.2, 0.25) is 0 Å². The fraction of sp³-hybridized carbons (Fsp3) is 1.00. The van der Waals surface area contributed by atoms with Crippen LogP contribution in [0.15, 0.2) is 0 Å². The topological polar surface area (TPSA) is 41.5 Å². The van der Waals surface area contributed by atoms with Crippen LogP contribution in [0.5, 0.6) is 0 Å². The second-order valence-corrected chi connectivity index (χ2v) is 5.32. The van der Waals surface area contributed by atoms with E-state index in [4.69, 9.17) is 4.84 Å². The lowest BCUT2D eigenvalue weighted by Gasteiger charge is -2.33. The van der Waals surface area contributed by atoms with E-state index in [1.54, 1.807) is 0 Å². The Bertz CT molecular complexity index is 169. The predicted octanol–water partition coefficient (Wildman–Crippen LogP) is 2.00. The molecule has 0 atom stereocenters. The van der Waals surface area contributed by atoms with Gasteiger partial charge in [0.25, 0.3) is 0 Å². The highest BCUT2D eigenvalue weighted by Gasteiger charge is 2.29. The molecule has 0 saturated heterocycles. The molecule has 0 bridgehead atoms. The summed E-state index contributed by atoms with van der Waals surface area (Å²) < 4.78 is 0. The van der Waals surface area contributed by atoms with Crippen LogP contribution in [-0.2, 0) is 4.84 Å². The number of hydrogen-bond donors (Lipinski definition) is 2. The quantitative estimate of drug-likeness (QED) is 0.686. The van der Waals surface area contributed by atoms with Gasteiger partial charge in [0.2, 0.25) is 0 Å². The molecule has 0 aromatic rings. The Balaban J connectivity index is 2.22. The van der Waals surface area contributed by atoms with Crippen LogP contribution in [-0.4, -0.2) is 22.9 Å². The van der Waals surface area contributed by atoms with Crippen molar-refractivity contribution in [3.8, 4) is 0 Å². The van der Waals surface area contributed by atoms with Crippen molar-refractivity contribution < 1.29 is 9.94 Å². The molecule has 1 rings (SSSR count). The van der Waals surface area contributed by atoms with Crippen molar-refractivity contribution in [1.82, 2.24) is 5.48 Å². The summed E-state index contributed by atoms with van der Waals surface area (Å²) in [7, 11) is 0. The zero-order valence-electron chi connectivity index (χ0n) is 9.60. The minimum absolute atomic E-state index is 0.189. The van der Waals surface area contributed by atoms with E-state index >= 15 is 0 Å². The highest BCUT2D eigenvalue weighted by molar-refractivity contribution is 4.83.